The summed E-state index contributed by atoms with van der Waals surface area (Å²) in [5.74, 6) is 0. The molecule has 0 unspecified atom stereocenters. The third-order valence-corrected chi connectivity index (χ3v) is 10.0. The minimum absolute atomic E-state index is 1.09. The number of nitrogens with zero attached hydrogens (tertiary/aromatic N) is 1. The van der Waals surface area contributed by atoms with Crippen LogP contribution in [0, 0.1) is 0 Å². The van der Waals surface area contributed by atoms with E-state index in [0.717, 1.165) is 17.1 Å². The van der Waals surface area contributed by atoms with Crippen molar-refractivity contribution in [1.29, 1.82) is 0 Å². The van der Waals surface area contributed by atoms with Crippen molar-refractivity contribution in [2.45, 2.75) is 0 Å². The number of fused-ring (bicyclic) bond motifs is 1. The molecular formula is C52H37N. The third-order valence-electron chi connectivity index (χ3n) is 10.0. The van der Waals surface area contributed by atoms with Crippen LogP contribution < -0.4 is 4.90 Å². The van der Waals surface area contributed by atoms with Gasteiger partial charge in [-0.15, -0.1) is 0 Å². The van der Waals surface area contributed by atoms with Crippen LogP contribution in [-0.4, -0.2) is 0 Å². The van der Waals surface area contributed by atoms with E-state index < -0.39 is 0 Å². The molecule has 0 aliphatic heterocycles. The smallest absolute Gasteiger partial charge is 0.0473 e. The van der Waals surface area contributed by atoms with E-state index in [1.54, 1.807) is 0 Å². The van der Waals surface area contributed by atoms with Crippen LogP contribution in [0.5, 0.6) is 0 Å². The van der Waals surface area contributed by atoms with E-state index in [0.29, 0.717) is 0 Å². The Morgan fingerprint density at radius 1 is 0.189 bits per heavy atom. The van der Waals surface area contributed by atoms with Crippen molar-refractivity contribution in [3.8, 4) is 55.6 Å². The van der Waals surface area contributed by atoms with E-state index in [-0.39, 0.29) is 0 Å². The standard InChI is InChI=1S/C52H37N/c1-4-13-38(14-5-1)42-25-29-50(30-26-42)53(52-36-48(39-15-6-2-7-16-39)35-49(37-52)40-17-8-3-9-18-40)51-31-27-43(28-32-51)45-21-12-22-46(33-45)47-24-23-41-19-10-11-20-44(41)34-47/h1-37H. The normalized spacial score (nSPS) is 11.0. The van der Waals surface area contributed by atoms with Gasteiger partial charge in [-0.25, -0.2) is 0 Å². The van der Waals surface area contributed by atoms with Crippen LogP contribution in [0.25, 0.3) is 66.4 Å². The maximum absolute atomic E-state index is 2.38. The molecule has 0 aromatic heterocycles. The van der Waals surface area contributed by atoms with Crippen molar-refractivity contribution < 1.29 is 0 Å². The molecule has 250 valence electrons. The van der Waals surface area contributed by atoms with Crippen LogP contribution in [0.2, 0.25) is 0 Å². The molecule has 0 N–H and O–H groups in total. The molecule has 0 aliphatic rings. The summed E-state index contributed by atoms with van der Waals surface area (Å²) >= 11 is 0. The zero-order valence-electron chi connectivity index (χ0n) is 29.3. The lowest BCUT2D eigenvalue weighted by Crippen LogP contribution is -2.10. The molecule has 0 fully saturated rings. The van der Waals surface area contributed by atoms with Crippen LogP contribution in [0.1, 0.15) is 0 Å². The molecule has 1 nitrogen and oxygen atoms in total. The first kappa shape index (κ1) is 32.0. The Morgan fingerprint density at radius 2 is 0.547 bits per heavy atom. The van der Waals surface area contributed by atoms with Crippen molar-refractivity contribution in [3.05, 3.63) is 224 Å². The molecule has 0 saturated heterocycles. The molecule has 0 bridgehead atoms. The number of hydrogen-bond donors (Lipinski definition) is 0. The van der Waals surface area contributed by atoms with Crippen LogP contribution in [0.3, 0.4) is 0 Å². The third kappa shape index (κ3) is 6.77. The van der Waals surface area contributed by atoms with Crippen molar-refractivity contribution in [3.63, 3.8) is 0 Å². The fourth-order valence-electron chi connectivity index (χ4n) is 7.27. The highest BCUT2D eigenvalue weighted by molar-refractivity contribution is 5.89. The topological polar surface area (TPSA) is 3.24 Å². The average Bonchev–Trinajstić information content (AvgIpc) is 3.25. The lowest BCUT2D eigenvalue weighted by Gasteiger charge is -2.27. The van der Waals surface area contributed by atoms with Crippen molar-refractivity contribution in [2.24, 2.45) is 0 Å². The molecule has 9 aromatic carbocycles. The summed E-state index contributed by atoms with van der Waals surface area (Å²) in [4.78, 5) is 2.38. The van der Waals surface area contributed by atoms with Gasteiger partial charge in [0.05, 0.1) is 0 Å². The Morgan fingerprint density at radius 3 is 1.09 bits per heavy atom. The van der Waals surface area contributed by atoms with Crippen molar-refractivity contribution >= 4 is 27.8 Å². The Labute approximate surface area is 311 Å². The monoisotopic (exact) mass is 675 g/mol. The zero-order chi connectivity index (χ0) is 35.4. The first-order valence-electron chi connectivity index (χ1n) is 18.2. The molecule has 0 radical (unpaired) electrons. The highest BCUT2D eigenvalue weighted by Crippen LogP contribution is 2.41. The molecule has 0 spiro atoms. The summed E-state index contributed by atoms with van der Waals surface area (Å²) in [6.07, 6.45) is 0. The van der Waals surface area contributed by atoms with Gasteiger partial charge in [-0.2, -0.15) is 0 Å². The second-order valence-corrected chi connectivity index (χ2v) is 13.4. The first-order chi connectivity index (χ1) is 26.2. The minimum atomic E-state index is 1.09. The van der Waals surface area contributed by atoms with Gasteiger partial charge in [-0.1, -0.05) is 170 Å². The SMILES string of the molecule is c1ccc(-c2ccc(N(c3ccc(-c4cccc(-c5ccc6ccccc6c5)c4)cc3)c3cc(-c4ccccc4)cc(-c4ccccc4)c3)cc2)cc1. The number of anilines is 3. The van der Waals surface area contributed by atoms with E-state index in [9.17, 15) is 0 Å². The zero-order valence-corrected chi connectivity index (χ0v) is 29.3. The predicted molar refractivity (Wildman–Crippen MR) is 226 cm³/mol. The molecule has 0 amide bonds. The number of rotatable bonds is 8. The van der Waals surface area contributed by atoms with E-state index >= 15 is 0 Å². The van der Waals surface area contributed by atoms with Crippen molar-refractivity contribution in [2.75, 3.05) is 4.90 Å². The Kier molecular flexibility index (Phi) is 8.66. The van der Waals surface area contributed by atoms with Gasteiger partial charge in [0.1, 0.15) is 0 Å². The summed E-state index contributed by atoms with van der Waals surface area (Å²) in [6, 6.07) is 80.9. The lowest BCUT2D eigenvalue weighted by molar-refractivity contribution is 1.28. The van der Waals surface area contributed by atoms with Crippen LogP contribution >= 0.6 is 0 Å². The highest BCUT2D eigenvalue weighted by Gasteiger charge is 2.17. The van der Waals surface area contributed by atoms with E-state index in [1.165, 1.54) is 66.4 Å². The lowest BCUT2D eigenvalue weighted by atomic mass is 9.96. The van der Waals surface area contributed by atoms with Crippen LogP contribution in [-0.2, 0) is 0 Å². The predicted octanol–water partition coefficient (Wildman–Crippen LogP) is 14.6. The van der Waals surface area contributed by atoms with Crippen LogP contribution in [0.4, 0.5) is 17.1 Å². The van der Waals surface area contributed by atoms with Gasteiger partial charge in [0.25, 0.3) is 0 Å². The molecule has 9 rings (SSSR count). The van der Waals surface area contributed by atoms with E-state index in [1.807, 2.05) is 0 Å². The molecular weight excluding hydrogens is 639 g/mol. The number of hydrogen-bond acceptors (Lipinski definition) is 1. The highest BCUT2D eigenvalue weighted by atomic mass is 15.1. The van der Waals surface area contributed by atoms with Gasteiger partial charge in [0.15, 0.2) is 0 Å². The molecule has 0 heterocycles. The van der Waals surface area contributed by atoms with Gasteiger partial charge in [0, 0.05) is 17.1 Å². The molecule has 0 saturated carbocycles. The maximum atomic E-state index is 2.38. The van der Waals surface area contributed by atoms with Crippen molar-refractivity contribution in [1.82, 2.24) is 0 Å². The van der Waals surface area contributed by atoms with Gasteiger partial charge >= 0.3 is 0 Å². The van der Waals surface area contributed by atoms with Gasteiger partial charge in [-0.05, 0) is 121 Å². The Hall–Kier alpha value is -6.96. The Bertz CT molecular complexity index is 2570. The second kappa shape index (κ2) is 14.3. The van der Waals surface area contributed by atoms with E-state index in [4.69, 9.17) is 0 Å². The van der Waals surface area contributed by atoms with Crippen LogP contribution in [0.15, 0.2) is 224 Å². The molecule has 53 heavy (non-hydrogen) atoms. The quantitative estimate of drug-likeness (QED) is 0.155. The van der Waals surface area contributed by atoms with E-state index in [2.05, 4.69) is 229 Å². The fourth-order valence-corrected chi connectivity index (χ4v) is 7.27. The molecule has 0 atom stereocenters. The average molecular weight is 676 g/mol. The molecule has 9 aromatic rings. The first-order valence-corrected chi connectivity index (χ1v) is 18.2. The Balaban J connectivity index is 1.14. The summed E-state index contributed by atoms with van der Waals surface area (Å²) in [5, 5.41) is 2.51. The number of benzene rings is 9. The molecule has 1 heteroatoms. The maximum Gasteiger partial charge on any atom is 0.0473 e. The summed E-state index contributed by atoms with van der Waals surface area (Å²) in [7, 11) is 0. The summed E-state index contributed by atoms with van der Waals surface area (Å²) < 4.78 is 0. The summed E-state index contributed by atoms with van der Waals surface area (Å²) in [5.41, 5.74) is 15.2. The molecule has 0 aliphatic carbocycles. The second-order valence-electron chi connectivity index (χ2n) is 13.4. The fraction of sp³-hybridized carbons (Fsp3) is 0. The largest absolute Gasteiger partial charge is 0.310 e. The van der Waals surface area contributed by atoms with Gasteiger partial charge in [-0.3, -0.25) is 0 Å². The van der Waals surface area contributed by atoms with Gasteiger partial charge in [0.2, 0.25) is 0 Å². The minimum Gasteiger partial charge on any atom is -0.310 e. The van der Waals surface area contributed by atoms with Gasteiger partial charge < -0.3 is 4.90 Å². The summed E-state index contributed by atoms with van der Waals surface area (Å²) in [6.45, 7) is 0.